The van der Waals surface area contributed by atoms with Crippen LogP contribution in [0.15, 0.2) is 34.3 Å². The average Bonchev–Trinajstić information content (AvgIpc) is 3.55. The van der Waals surface area contributed by atoms with Gasteiger partial charge in [0.15, 0.2) is 0 Å². The SMILES string of the molecule is COC1=C(Nc2nc(NC3CCCC3)c3c(C#N)c[nH]c3n2)C=CC(c2c(C)noc2C)C1. The van der Waals surface area contributed by atoms with Crippen LogP contribution in [0.5, 0.6) is 0 Å². The van der Waals surface area contributed by atoms with Gasteiger partial charge in [-0.1, -0.05) is 24.1 Å². The molecule has 0 bridgehead atoms. The van der Waals surface area contributed by atoms with E-state index in [1.807, 2.05) is 19.9 Å². The minimum atomic E-state index is 0.126. The second kappa shape index (κ2) is 8.62. The monoisotopic (exact) mass is 445 g/mol. The maximum Gasteiger partial charge on any atom is 0.231 e. The van der Waals surface area contributed by atoms with Crippen molar-refractivity contribution in [2.75, 3.05) is 17.7 Å². The van der Waals surface area contributed by atoms with E-state index in [0.29, 0.717) is 35.4 Å². The number of nitrogens with one attached hydrogen (secondary N) is 3. The second-order valence-corrected chi connectivity index (χ2v) is 8.63. The van der Waals surface area contributed by atoms with Gasteiger partial charge in [0.1, 0.15) is 29.1 Å². The Labute approximate surface area is 191 Å². The largest absolute Gasteiger partial charge is 0.499 e. The van der Waals surface area contributed by atoms with Gasteiger partial charge in [-0.2, -0.15) is 15.2 Å². The van der Waals surface area contributed by atoms with E-state index >= 15 is 0 Å². The number of fused-ring (bicyclic) bond motifs is 1. The maximum absolute atomic E-state index is 9.54. The van der Waals surface area contributed by atoms with Crippen LogP contribution < -0.4 is 10.6 Å². The predicted molar refractivity (Wildman–Crippen MR) is 125 cm³/mol. The summed E-state index contributed by atoms with van der Waals surface area (Å²) in [5, 5.41) is 21.2. The number of nitrogens with zero attached hydrogens (tertiary/aromatic N) is 4. The molecule has 0 aliphatic heterocycles. The molecule has 9 nitrogen and oxygen atoms in total. The fourth-order valence-electron chi connectivity index (χ4n) is 4.87. The molecular weight excluding hydrogens is 418 g/mol. The highest BCUT2D eigenvalue weighted by Gasteiger charge is 2.25. The number of nitriles is 1. The molecule has 1 saturated carbocycles. The number of aromatic nitrogens is 4. The molecule has 33 heavy (non-hydrogen) atoms. The quantitative estimate of drug-likeness (QED) is 0.494. The Morgan fingerprint density at radius 3 is 2.76 bits per heavy atom. The molecule has 3 N–H and O–H groups in total. The second-order valence-electron chi connectivity index (χ2n) is 8.63. The van der Waals surface area contributed by atoms with E-state index in [4.69, 9.17) is 14.2 Å². The Morgan fingerprint density at radius 1 is 1.24 bits per heavy atom. The van der Waals surface area contributed by atoms with Crippen LogP contribution in [-0.2, 0) is 4.74 Å². The van der Waals surface area contributed by atoms with Gasteiger partial charge in [-0.25, -0.2) is 0 Å². The number of allylic oxidation sites excluding steroid dienone is 3. The molecule has 1 unspecified atom stereocenters. The van der Waals surface area contributed by atoms with Crippen molar-refractivity contribution in [3.8, 4) is 6.07 Å². The van der Waals surface area contributed by atoms with Gasteiger partial charge >= 0.3 is 0 Å². The molecule has 5 rings (SSSR count). The fraction of sp³-hybridized carbons (Fsp3) is 0.417. The number of rotatable bonds is 6. The van der Waals surface area contributed by atoms with Crippen molar-refractivity contribution in [1.82, 2.24) is 20.1 Å². The first kappa shape index (κ1) is 21.1. The summed E-state index contributed by atoms with van der Waals surface area (Å²) < 4.78 is 11.1. The first-order chi connectivity index (χ1) is 16.1. The number of methoxy groups -OCH3 is 1. The van der Waals surface area contributed by atoms with E-state index in [1.54, 1.807) is 13.3 Å². The summed E-state index contributed by atoms with van der Waals surface area (Å²) in [6.45, 7) is 3.89. The molecule has 1 atom stereocenters. The van der Waals surface area contributed by atoms with E-state index < -0.39 is 0 Å². The summed E-state index contributed by atoms with van der Waals surface area (Å²) in [6, 6.07) is 2.59. The van der Waals surface area contributed by atoms with Gasteiger partial charge in [0.2, 0.25) is 5.95 Å². The lowest BCUT2D eigenvalue weighted by atomic mass is 9.89. The number of hydrogen-bond acceptors (Lipinski definition) is 8. The van der Waals surface area contributed by atoms with E-state index in [0.717, 1.165) is 46.7 Å². The zero-order valence-corrected chi connectivity index (χ0v) is 19.0. The highest BCUT2D eigenvalue weighted by molar-refractivity contribution is 5.93. The van der Waals surface area contributed by atoms with Gasteiger partial charge < -0.3 is 24.9 Å². The average molecular weight is 446 g/mol. The molecule has 0 aromatic carbocycles. The van der Waals surface area contributed by atoms with Crippen LogP contribution in [0.2, 0.25) is 0 Å². The summed E-state index contributed by atoms with van der Waals surface area (Å²) in [7, 11) is 1.67. The van der Waals surface area contributed by atoms with Crippen molar-refractivity contribution in [3.05, 3.63) is 52.4 Å². The maximum atomic E-state index is 9.54. The number of H-pyrrole nitrogens is 1. The van der Waals surface area contributed by atoms with Gasteiger partial charge in [-0.3, -0.25) is 0 Å². The number of aromatic amines is 1. The first-order valence-electron chi connectivity index (χ1n) is 11.3. The fourth-order valence-corrected chi connectivity index (χ4v) is 4.87. The molecule has 1 fully saturated rings. The highest BCUT2D eigenvalue weighted by atomic mass is 16.5. The topological polar surface area (TPSA) is 125 Å². The summed E-state index contributed by atoms with van der Waals surface area (Å²) in [5.74, 6) is 2.88. The summed E-state index contributed by atoms with van der Waals surface area (Å²) >= 11 is 0. The normalized spacial score (nSPS) is 18.7. The smallest absolute Gasteiger partial charge is 0.231 e. The summed E-state index contributed by atoms with van der Waals surface area (Å²) in [6.07, 6.45) is 11.1. The third-order valence-electron chi connectivity index (χ3n) is 6.50. The van der Waals surface area contributed by atoms with E-state index in [1.165, 1.54) is 12.8 Å². The van der Waals surface area contributed by atoms with Crippen molar-refractivity contribution in [2.45, 2.75) is 57.9 Å². The Bertz CT molecular complexity index is 1270. The van der Waals surface area contributed by atoms with Crippen LogP contribution in [-0.4, -0.2) is 33.3 Å². The van der Waals surface area contributed by atoms with Crippen molar-refractivity contribution in [2.24, 2.45) is 0 Å². The van der Waals surface area contributed by atoms with Crippen LogP contribution in [0.1, 0.15) is 60.6 Å². The van der Waals surface area contributed by atoms with Crippen molar-refractivity contribution in [1.29, 1.82) is 5.26 Å². The van der Waals surface area contributed by atoms with Crippen LogP contribution in [0, 0.1) is 25.2 Å². The zero-order chi connectivity index (χ0) is 22.9. The van der Waals surface area contributed by atoms with Crippen molar-refractivity contribution >= 4 is 22.8 Å². The molecule has 0 saturated heterocycles. The van der Waals surface area contributed by atoms with Crippen molar-refractivity contribution in [3.63, 3.8) is 0 Å². The Hall–Kier alpha value is -3.80. The molecule has 0 radical (unpaired) electrons. The third-order valence-corrected chi connectivity index (χ3v) is 6.50. The number of ether oxygens (including phenoxy) is 1. The van der Waals surface area contributed by atoms with E-state index in [-0.39, 0.29) is 5.92 Å². The van der Waals surface area contributed by atoms with Gasteiger partial charge in [0.25, 0.3) is 0 Å². The molecule has 170 valence electrons. The molecule has 0 spiro atoms. The molecular formula is C24H27N7O2. The van der Waals surface area contributed by atoms with Gasteiger partial charge in [0.05, 0.1) is 29.5 Å². The van der Waals surface area contributed by atoms with E-state index in [2.05, 4.69) is 37.9 Å². The van der Waals surface area contributed by atoms with Crippen molar-refractivity contribution < 1.29 is 9.26 Å². The summed E-state index contributed by atoms with van der Waals surface area (Å²) in [4.78, 5) is 12.5. The third kappa shape index (κ3) is 3.93. The lowest BCUT2D eigenvalue weighted by molar-refractivity contribution is 0.268. The highest BCUT2D eigenvalue weighted by Crippen LogP contribution is 2.36. The molecule has 9 heteroatoms. The Kier molecular flexibility index (Phi) is 5.50. The lowest BCUT2D eigenvalue weighted by Gasteiger charge is -2.22. The number of anilines is 2. The van der Waals surface area contributed by atoms with Gasteiger partial charge in [-0.05, 0) is 32.8 Å². The minimum Gasteiger partial charge on any atom is -0.499 e. The van der Waals surface area contributed by atoms with Crippen LogP contribution in [0.4, 0.5) is 11.8 Å². The Morgan fingerprint density at radius 2 is 2.06 bits per heavy atom. The van der Waals surface area contributed by atoms with Crippen LogP contribution in [0.3, 0.4) is 0 Å². The van der Waals surface area contributed by atoms with Crippen LogP contribution >= 0.6 is 0 Å². The molecule has 2 aliphatic carbocycles. The summed E-state index contributed by atoms with van der Waals surface area (Å²) in [5.41, 5.74) is 3.95. The predicted octanol–water partition coefficient (Wildman–Crippen LogP) is 4.80. The number of aryl methyl sites for hydroxylation is 2. The molecule has 2 aliphatic rings. The zero-order valence-electron chi connectivity index (χ0n) is 19.0. The van der Waals surface area contributed by atoms with Gasteiger partial charge in [-0.15, -0.1) is 0 Å². The molecule has 0 amide bonds. The molecule has 3 heterocycles. The van der Waals surface area contributed by atoms with Gasteiger partial charge in [0, 0.05) is 30.1 Å². The number of hydrogen-bond donors (Lipinski definition) is 3. The Balaban J connectivity index is 1.46. The minimum absolute atomic E-state index is 0.126. The lowest BCUT2D eigenvalue weighted by Crippen LogP contribution is -2.17. The molecule has 3 aromatic rings. The van der Waals surface area contributed by atoms with Crippen LogP contribution in [0.25, 0.3) is 11.0 Å². The first-order valence-corrected chi connectivity index (χ1v) is 11.3. The van der Waals surface area contributed by atoms with E-state index in [9.17, 15) is 5.26 Å². The molecule has 3 aromatic heterocycles. The standard InChI is InChI=1S/C24H27N7O2/c1-13-20(14(2)33-31-13)15-8-9-18(19(10-15)32-3)28-24-29-22-21(16(11-25)12-26-22)23(30-24)27-17-6-4-5-7-17/h8-9,12,15,17H,4-7,10H2,1-3H3,(H3,26,27,28,29,30).